The van der Waals surface area contributed by atoms with Crippen molar-refractivity contribution < 1.29 is 4.74 Å². The Kier molecular flexibility index (Phi) is 4.22. The highest BCUT2D eigenvalue weighted by Crippen LogP contribution is 2.24. The first kappa shape index (κ1) is 14.0. The van der Waals surface area contributed by atoms with E-state index in [4.69, 9.17) is 9.72 Å². The van der Waals surface area contributed by atoms with Crippen LogP contribution in [0.15, 0.2) is 24.3 Å². The molecule has 4 heteroatoms. The molecular weight excluding hydrogens is 238 g/mol. The normalized spacial score (nSPS) is 12.2. The van der Waals surface area contributed by atoms with E-state index >= 15 is 0 Å². The number of hydrogen-bond acceptors (Lipinski definition) is 3. The third-order valence-electron chi connectivity index (χ3n) is 3.07. The summed E-state index contributed by atoms with van der Waals surface area (Å²) in [6.45, 7) is 8.94. The van der Waals surface area contributed by atoms with E-state index in [1.165, 1.54) is 5.52 Å². The van der Waals surface area contributed by atoms with Crippen LogP contribution in [0.25, 0.3) is 11.0 Å². The van der Waals surface area contributed by atoms with Gasteiger partial charge < -0.3 is 14.6 Å². The van der Waals surface area contributed by atoms with Crippen LogP contribution in [-0.4, -0.2) is 29.8 Å². The molecule has 0 saturated heterocycles. The number of hydrogen-bond donors (Lipinski definition) is 1. The van der Waals surface area contributed by atoms with Gasteiger partial charge in [0.2, 0.25) is 0 Å². The number of nitrogens with zero attached hydrogens (tertiary/aromatic N) is 2. The van der Waals surface area contributed by atoms with Gasteiger partial charge in [-0.15, -0.1) is 0 Å². The molecule has 0 saturated carbocycles. The van der Waals surface area contributed by atoms with Crippen molar-refractivity contribution in [3.8, 4) is 0 Å². The average Bonchev–Trinajstić information content (AvgIpc) is 2.72. The number of fused-ring (bicyclic) bond motifs is 1. The van der Waals surface area contributed by atoms with Crippen molar-refractivity contribution >= 4 is 11.0 Å². The molecule has 0 amide bonds. The zero-order valence-electron chi connectivity index (χ0n) is 12.2. The average molecular weight is 261 g/mol. The summed E-state index contributed by atoms with van der Waals surface area (Å²) in [5.74, 6) is 1.07. The maximum Gasteiger partial charge on any atom is 0.124 e. The zero-order valence-corrected chi connectivity index (χ0v) is 12.2. The number of benzene rings is 1. The van der Waals surface area contributed by atoms with Gasteiger partial charge in [-0.3, -0.25) is 0 Å². The van der Waals surface area contributed by atoms with Gasteiger partial charge in [0.25, 0.3) is 0 Å². The molecule has 104 valence electrons. The standard InChI is InChI=1S/C15H23N3O/c1-15(2,3)18-13-8-6-5-7-12(13)17-14(18)11-16-9-10-19-4/h5-8,16H,9-11H2,1-4H3. The summed E-state index contributed by atoms with van der Waals surface area (Å²) in [6.07, 6.45) is 0. The lowest BCUT2D eigenvalue weighted by atomic mass is 10.1. The molecule has 2 rings (SSSR count). The molecule has 4 nitrogen and oxygen atoms in total. The lowest BCUT2D eigenvalue weighted by molar-refractivity contribution is 0.198. The monoisotopic (exact) mass is 261 g/mol. The highest BCUT2D eigenvalue weighted by atomic mass is 16.5. The van der Waals surface area contributed by atoms with Crippen LogP contribution in [0.3, 0.4) is 0 Å². The Bertz CT molecular complexity index is 540. The highest BCUT2D eigenvalue weighted by molar-refractivity contribution is 5.76. The van der Waals surface area contributed by atoms with Gasteiger partial charge in [0.1, 0.15) is 5.82 Å². The SMILES string of the molecule is COCCNCc1nc2ccccc2n1C(C)(C)C. The second kappa shape index (κ2) is 5.72. The molecule has 1 aromatic carbocycles. The van der Waals surface area contributed by atoms with Crippen LogP contribution in [-0.2, 0) is 16.8 Å². The third kappa shape index (κ3) is 3.14. The molecule has 0 spiro atoms. The maximum absolute atomic E-state index is 5.05. The Hall–Kier alpha value is -1.39. The predicted octanol–water partition coefficient (Wildman–Crippen LogP) is 2.53. The summed E-state index contributed by atoms with van der Waals surface area (Å²) in [5.41, 5.74) is 2.27. The highest BCUT2D eigenvalue weighted by Gasteiger charge is 2.20. The molecule has 1 heterocycles. The predicted molar refractivity (Wildman–Crippen MR) is 78.3 cm³/mol. The van der Waals surface area contributed by atoms with Gasteiger partial charge >= 0.3 is 0 Å². The van der Waals surface area contributed by atoms with Crippen molar-refractivity contribution in [3.63, 3.8) is 0 Å². The molecule has 1 aromatic heterocycles. The first-order valence-corrected chi connectivity index (χ1v) is 6.70. The molecule has 0 radical (unpaired) electrons. The number of para-hydroxylation sites is 2. The Labute approximate surface area is 114 Å². The van der Waals surface area contributed by atoms with E-state index in [1.54, 1.807) is 7.11 Å². The minimum absolute atomic E-state index is 0.0222. The molecule has 0 aliphatic heterocycles. The lowest BCUT2D eigenvalue weighted by Crippen LogP contribution is -2.28. The number of imidazole rings is 1. The second-order valence-corrected chi connectivity index (χ2v) is 5.69. The van der Waals surface area contributed by atoms with Gasteiger partial charge in [-0.25, -0.2) is 4.98 Å². The number of rotatable bonds is 5. The Balaban J connectivity index is 2.31. The van der Waals surface area contributed by atoms with E-state index < -0.39 is 0 Å². The number of methoxy groups -OCH3 is 1. The topological polar surface area (TPSA) is 39.1 Å². The Morgan fingerprint density at radius 1 is 1.26 bits per heavy atom. The van der Waals surface area contributed by atoms with Gasteiger partial charge in [-0.1, -0.05) is 12.1 Å². The summed E-state index contributed by atoms with van der Waals surface area (Å²) < 4.78 is 7.35. The van der Waals surface area contributed by atoms with Gasteiger partial charge in [-0.2, -0.15) is 0 Å². The van der Waals surface area contributed by atoms with Crippen LogP contribution in [0.2, 0.25) is 0 Å². The molecule has 0 fully saturated rings. The lowest BCUT2D eigenvalue weighted by Gasteiger charge is -2.24. The molecule has 0 aliphatic rings. The molecule has 0 unspecified atom stereocenters. The van der Waals surface area contributed by atoms with Gasteiger partial charge in [-0.05, 0) is 32.9 Å². The van der Waals surface area contributed by atoms with E-state index in [-0.39, 0.29) is 5.54 Å². The Morgan fingerprint density at radius 2 is 2.00 bits per heavy atom. The van der Waals surface area contributed by atoms with Crippen LogP contribution in [0.4, 0.5) is 0 Å². The van der Waals surface area contributed by atoms with Crippen LogP contribution in [0.1, 0.15) is 26.6 Å². The molecule has 0 bridgehead atoms. The minimum Gasteiger partial charge on any atom is -0.383 e. The van der Waals surface area contributed by atoms with Crippen LogP contribution in [0.5, 0.6) is 0 Å². The molecule has 0 aliphatic carbocycles. The number of aromatic nitrogens is 2. The molecule has 19 heavy (non-hydrogen) atoms. The quantitative estimate of drug-likeness (QED) is 0.841. The van der Waals surface area contributed by atoms with Crippen LogP contribution >= 0.6 is 0 Å². The summed E-state index contributed by atoms with van der Waals surface area (Å²) in [6, 6.07) is 8.29. The van der Waals surface area contributed by atoms with E-state index in [2.05, 4.69) is 48.9 Å². The van der Waals surface area contributed by atoms with Gasteiger partial charge in [0, 0.05) is 19.2 Å². The number of nitrogens with one attached hydrogen (secondary N) is 1. The van der Waals surface area contributed by atoms with Gasteiger partial charge in [0.05, 0.1) is 24.2 Å². The van der Waals surface area contributed by atoms with Gasteiger partial charge in [0.15, 0.2) is 0 Å². The first-order valence-electron chi connectivity index (χ1n) is 6.70. The van der Waals surface area contributed by atoms with Crippen molar-refractivity contribution in [1.82, 2.24) is 14.9 Å². The van der Waals surface area contributed by atoms with Crippen molar-refractivity contribution in [2.75, 3.05) is 20.3 Å². The van der Waals surface area contributed by atoms with Crippen LogP contribution < -0.4 is 5.32 Å². The number of ether oxygens (including phenoxy) is 1. The minimum atomic E-state index is 0.0222. The fourth-order valence-corrected chi connectivity index (χ4v) is 2.32. The van der Waals surface area contributed by atoms with Crippen molar-refractivity contribution in [3.05, 3.63) is 30.1 Å². The first-order chi connectivity index (χ1) is 9.04. The molecule has 1 N–H and O–H groups in total. The van der Waals surface area contributed by atoms with E-state index in [9.17, 15) is 0 Å². The molecule has 2 aromatic rings. The van der Waals surface area contributed by atoms with Crippen LogP contribution in [0, 0.1) is 0 Å². The summed E-state index contributed by atoms with van der Waals surface area (Å²) in [4.78, 5) is 4.74. The summed E-state index contributed by atoms with van der Waals surface area (Å²) >= 11 is 0. The summed E-state index contributed by atoms with van der Waals surface area (Å²) in [7, 11) is 1.71. The van der Waals surface area contributed by atoms with E-state index in [0.717, 1.165) is 31.0 Å². The molecule has 0 atom stereocenters. The van der Waals surface area contributed by atoms with E-state index in [1.807, 2.05) is 6.07 Å². The third-order valence-corrected chi connectivity index (χ3v) is 3.07. The fraction of sp³-hybridized carbons (Fsp3) is 0.533. The van der Waals surface area contributed by atoms with Crippen molar-refractivity contribution in [2.24, 2.45) is 0 Å². The maximum atomic E-state index is 5.05. The van der Waals surface area contributed by atoms with Crippen molar-refractivity contribution in [2.45, 2.75) is 32.9 Å². The zero-order chi connectivity index (χ0) is 13.9. The van der Waals surface area contributed by atoms with E-state index in [0.29, 0.717) is 0 Å². The Morgan fingerprint density at radius 3 is 2.68 bits per heavy atom. The second-order valence-electron chi connectivity index (χ2n) is 5.69. The fourth-order valence-electron chi connectivity index (χ4n) is 2.32. The smallest absolute Gasteiger partial charge is 0.124 e. The van der Waals surface area contributed by atoms with Crippen molar-refractivity contribution in [1.29, 1.82) is 0 Å². The largest absolute Gasteiger partial charge is 0.383 e. The molecular formula is C15H23N3O. The summed E-state index contributed by atoms with van der Waals surface area (Å²) in [5, 5.41) is 3.37.